The van der Waals surface area contributed by atoms with Crippen molar-refractivity contribution in [1.82, 2.24) is 4.90 Å². The Balaban J connectivity index is 0. The number of amides is 1. The molecule has 0 aromatic heterocycles. The molecule has 1 N–H and O–H groups in total. The number of carboxylic acid groups (broad SMARTS) is 2. The average molecular weight is 575 g/mol. The van der Waals surface area contributed by atoms with Crippen LogP contribution in [-0.2, 0) is 17.7 Å². The minimum Gasteiger partial charge on any atom is -0.652 e. The van der Waals surface area contributed by atoms with Gasteiger partial charge in [-0.15, -0.1) is 0 Å². The fourth-order valence-electron chi connectivity index (χ4n) is 2.03. The summed E-state index contributed by atoms with van der Waals surface area (Å²) >= 11 is 0. The van der Waals surface area contributed by atoms with Crippen molar-refractivity contribution in [3.63, 3.8) is 0 Å². The molecule has 122 valence electrons. The monoisotopic (exact) mass is 575 g/mol. The van der Waals surface area contributed by atoms with Gasteiger partial charge in [0.15, 0.2) is 0 Å². The van der Waals surface area contributed by atoms with Gasteiger partial charge in [-0.25, -0.2) is 4.79 Å². The van der Waals surface area contributed by atoms with E-state index in [9.17, 15) is 9.90 Å². The Kier molecular flexibility index (Phi) is 15.0. The van der Waals surface area contributed by atoms with Crippen molar-refractivity contribution < 1.29 is 167 Å². The summed E-state index contributed by atoms with van der Waals surface area (Å²) in [5.74, 6) is 0.236. The van der Waals surface area contributed by atoms with E-state index in [-0.39, 0.29) is 150 Å². The van der Waals surface area contributed by atoms with Crippen LogP contribution >= 0.6 is 0 Å². The summed E-state index contributed by atoms with van der Waals surface area (Å²) in [7, 11) is 0. The Morgan fingerprint density at radius 3 is 2.21 bits per heavy atom. The van der Waals surface area contributed by atoms with Gasteiger partial charge in [0, 0.05) is 13.1 Å². The third kappa shape index (κ3) is 11.4. The maximum Gasteiger partial charge on any atom is 1.00 e. The number of aromatic hydroxyl groups is 1. The molecule has 0 saturated heterocycles. The molecule has 24 heavy (non-hydrogen) atoms. The average Bonchev–Trinajstić information content (AvgIpc) is 2.35. The molecule has 0 unspecified atom stereocenters. The van der Waals surface area contributed by atoms with Crippen molar-refractivity contribution in [2.75, 3.05) is 6.54 Å². The van der Waals surface area contributed by atoms with E-state index in [4.69, 9.17) is 19.7 Å². The predicted octanol–water partition coefficient (Wildman–Crippen LogP) is -5.75. The quantitative estimate of drug-likeness (QED) is 0.330. The van der Waals surface area contributed by atoms with Crippen LogP contribution < -0.4 is 148 Å². The molecule has 0 saturated carbocycles. The summed E-state index contributed by atoms with van der Waals surface area (Å²) in [5.41, 5.74) is 1.70. The van der Waals surface area contributed by atoms with Crippen LogP contribution in [0.1, 0.15) is 31.9 Å². The second-order valence-electron chi connectivity index (χ2n) is 5.85. The number of phenolic OH excluding ortho intramolecular Hbond substituents is 1. The van der Waals surface area contributed by atoms with Crippen molar-refractivity contribution >= 4 is 12.2 Å². The largest absolute Gasteiger partial charge is 1.00 e. The van der Waals surface area contributed by atoms with Gasteiger partial charge >= 0.3 is 144 Å². The van der Waals surface area contributed by atoms with Crippen LogP contribution in [0.3, 0.4) is 0 Å². The van der Waals surface area contributed by atoms with Gasteiger partial charge in [-0.3, -0.25) is 0 Å². The molecule has 0 radical (unpaired) electrons. The third-order valence-electron chi connectivity index (χ3n) is 2.85. The van der Waals surface area contributed by atoms with Gasteiger partial charge in [0.1, 0.15) is 11.4 Å². The number of carbonyl (C=O) groups excluding carboxylic acids is 2. The molecule has 0 fully saturated rings. The molecule has 7 nitrogen and oxygen atoms in total. The smallest absolute Gasteiger partial charge is 0.652 e. The van der Waals surface area contributed by atoms with Gasteiger partial charge in [-0.05, 0) is 56.6 Å². The Labute approximate surface area is 259 Å². The molecule has 2 rings (SSSR count). The SMILES string of the molecule is CC(C)(C)OC(=O)N1CCc2ccc(O)cc2C1.O=C([O-])[O-].[Cs+].[Cs+]. The van der Waals surface area contributed by atoms with Crippen molar-refractivity contribution in [1.29, 1.82) is 0 Å². The molecule has 0 spiro atoms. The minimum absolute atomic E-state index is 0. The Morgan fingerprint density at radius 1 is 1.17 bits per heavy atom. The fraction of sp³-hybridized carbons (Fsp3) is 0.467. The van der Waals surface area contributed by atoms with Gasteiger partial charge in [0.05, 0.1) is 0 Å². The van der Waals surface area contributed by atoms with Gasteiger partial charge in [0.25, 0.3) is 0 Å². The zero-order chi connectivity index (χ0) is 16.9. The maximum absolute atomic E-state index is 11.9. The number of nitrogens with zero attached hydrogens (tertiary/aromatic N) is 1. The first-order chi connectivity index (χ1) is 10.1. The summed E-state index contributed by atoms with van der Waals surface area (Å²) < 4.78 is 5.35. The first-order valence-corrected chi connectivity index (χ1v) is 6.75. The number of hydrogen-bond donors (Lipinski definition) is 1. The molecule has 1 amide bonds. The molecule has 9 heteroatoms. The van der Waals surface area contributed by atoms with Crippen LogP contribution in [0.4, 0.5) is 9.59 Å². The van der Waals surface area contributed by atoms with Crippen molar-refractivity contribution in [3.8, 4) is 5.75 Å². The maximum atomic E-state index is 11.9. The molecule has 1 aromatic carbocycles. The van der Waals surface area contributed by atoms with E-state index in [1.165, 1.54) is 5.56 Å². The zero-order valence-electron chi connectivity index (χ0n) is 14.8. The molecule has 0 bridgehead atoms. The van der Waals surface area contributed by atoms with Gasteiger partial charge < -0.3 is 29.8 Å². The molecule has 1 aromatic rings. The number of benzene rings is 1. The molecule has 0 atom stereocenters. The summed E-state index contributed by atoms with van der Waals surface area (Å²) in [6.07, 6.45) is -1.83. The third-order valence-corrected chi connectivity index (χ3v) is 2.85. The summed E-state index contributed by atoms with van der Waals surface area (Å²) in [6.45, 7) is 6.73. The fourth-order valence-corrected chi connectivity index (χ4v) is 2.03. The van der Waals surface area contributed by atoms with E-state index < -0.39 is 11.8 Å². The van der Waals surface area contributed by atoms with Gasteiger partial charge in [-0.1, -0.05) is 6.07 Å². The summed E-state index contributed by atoms with van der Waals surface area (Å²) in [4.78, 5) is 22.0. The van der Waals surface area contributed by atoms with Crippen LogP contribution in [0.25, 0.3) is 0 Å². The van der Waals surface area contributed by atoms with E-state index in [0.717, 1.165) is 12.0 Å². The van der Waals surface area contributed by atoms with Crippen LogP contribution in [0.2, 0.25) is 0 Å². The minimum atomic E-state index is -2.33. The standard InChI is InChI=1S/C14H19NO3.CH2O3.2Cs/c1-14(2,3)18-13(17)15-7-6-10-4-5-12(16)8-11(10)9-15;2-1(3)4;;/h4-5,8,16H,6-7,9H2,1-3H3;(H2,2,3,4);;/q;;2*+1/p-2. The number of ether oxygens (including phenoxy) is 1. The van der Waals surface area contributed by atoms with Gasteiger partial charge in [-0.2, -0.15) is 0 Å². The first-order valence-electron chi connectivity index (χ1n) is 6.75. The zero-order valence-corrected chi connectivity index (χ0v) is 27.3. The second-order valence-corrected chi connectivity index (χ2v) is 5.85. The van der Waals surface area contributed by atoms with Crippen LogP contribution in [-0.4, -0.2) is 34.4 Å². The van der Waals surface area contributed by atoms with Gasteiger partial charge in [0.2, 0.25) is 0 Å². The Morgan fingerprint density at radius 2 is 1.71 bits per heavy atom. The Hall–Kier alpha value is 1.66. The van der Waals surface area contributed by atoms with E-state index >= 15 is 0 Å². The van der Waals surface area contributed by atoms with Crippen LogP contribution in [0.15, 0.2) is 18.2 Å². The molecular formula is C15H19Cs2NO6. The van der Waals surface area contributed by atoms with Crippen molar-refractivity contribution in [2.45, 2.75) is 39.3 Å². The van der Waals surface area contributed by atoms with Crippen molar-refractivity contribution in [3.05, 3.63) is 29.3 Å². The summed E-state index contributed by atoms with van der Waals surface area (Å²) in [6, 6.07) is 5.31. The number of phenols is 1. The first kappa shape index (κ1) is 27.9. The van der Waals surface area contributed by atoms with E-state index in [1.807, 2.05) is 26.8 Å². The van der Waals surface area contributed by atoms with E-state index in [2.05, 4.69) is 0 Å². The normalized spacial score (nSPS) is 12.4. The number of fused-ring (bicyclic) bond motifs is 1. The molecule has 1 heterocycles. The molecule has 1 aliphatic heterocycles. The Bertz CT molecular complexity index is 555. The number of rotatable bonds is 0. The van der Waals surface area contributed by atoms with Crippen LogP contribution in [0, 0.1) is 0 Å². The predicted molar refractivity (Wildman–Crippen MR) is 73.9 cm³/mol. The molecule has 1 aliphatic rings. The van der Waals surface area contributed by atoms with E-state index in [0.29, 0.717) is 13.1 Å². The van der Waals surface area contributed by atoms with Crippen molar-refractivity contribution in [2.24, 2.45) is 0 Å². The molecular weight excluding hydrogens is 556 g/mol. The second kappa shape index (κ2) is 12.9. The topological polar surface area (TPSA) is 113 Å². The number of hydrogen-bond acceptors (Lipinski definition) is 6. The van der Waals surface area contributed by atoms with Crippen LogP contribution in [0.5, 0.6) is 5.75 Å². The molecule has 0 aliphatic carbocycles. The van der Waals surface area contributed by atoms with E-state index in [1.54, 1.807) is 17.0 Å². The number of carbonyl (C=O) groups is 2. The summed E-state index contributed by atoms with van der Waals surface area (Å²) in [5, 5.41) is 26.1.